The summed E-state index contributed by atoms with van der Waals surface area (Å²) in [4.78, 5) is 27.3. The van der Waals surface area contributed by atoms with Crippen LogP contribution in [0.25, 0.3) is 0 Å². The van der Waals surface area contributed by atoms with E-state index in [1.165, 1.54) is 0 Å². The molecule has 0 aliphatic carbocycles. The number of ether oxygens (including phenoxy) is 1. The number of pyridine rings is 1. The molecule has 6 nitrogen and oxygen atoms in total. The number of alkyl carbamates (subject to hydrolysis) is 1. The number of amides is 1. The summed E-state index contributed by atoms with van der Waals surface area (Å²) in [6, 6.07) is 10.3. The molecule has 0 saturated carbocycles. The lowest BCUT2D eigenvalue weighted by molar-refractivity contribution is -0.139. The number of carbonyl (C=O) groups is 2. The van der Waals surface area contributed by atoms with Crippen LogP contribution in [-0.4, -0.2) is 33.9 Å². The molecule has 2 N–H and O–H groups in total. The number of carboxylic acid groups (broad SMARTS) is 1. The first kappa shape index (κ1) is 19.8. The maximum atomic E-state index is 11.8. The Hall–Kier alpha value is -2.54. The molecular weight excluding hydrogens is 352 g/mol. The fraction of sp³-hybridized carbons (Fsp3) is 0.316. The molecule has 1 atom stereocenters. The number of thioether (sulfide) groups is 1. The number of aliphatic carboxylic acids is 1. The first-order valence-corrected chi connectivity index (χ1v) is 9.38. The Kier molecular flexibility index (Phi) is 7.95. The molecule has 1 amide bonds. The van der Waals surface area contributed by atoms with Crippen LogP contribution in [0.15, 0.2) is 48.8 Å². The minimum atomic E-state index is -1.07. The van der Waals surface area contributed by atoms with Crippen LogP contribution < -0.4 is 5.32 Å². The molecule has 0 saturated heterocycles. The van der Waals surface area contributed by atoms with Gasteiger partial charge in [-0.3, -0.25) is 4.98 Å². The van der Waals surface area contributed by atoms with E-state index in [2.05, 4.69) is 10.3 Å². The Balaban J connectivity index is 1.72. The molecule has 1 aromatic heterocycles. The van der Waals surface area contributed by atoms with Gasteiger partial charge in [-0.25, -0.2) is 9.59 Å². The van der Waals surface area contributed by atoms with Crippen LogP contribution in [0.2, 0.25) is 0 Å². The van der Waals surface area contributed by atoms with E-state index >= 15 is 0 Å². The van der Waals surface area contributed by atoms with Crippen molar-refractivity contribution in [3.8, 4) is 0 Å². The van der Waals surface area contributed by atoms with Gasteiger partial charge in [0.2, 0.25) is 0 Å². The summed E-state index contributed by atoms with van der Waals surface area (Å²) in [5.74, 6) is 0.281. The van der Waals surface area contributed by atoms with E-state index < -0.39 is 18.1 Å². The monoisotopic (exact) mass is 374 g/mol. The smallest absolute Gasteiger partial charge is 0.408 e. The zero-order chi connectivity index (χ0) is 18.8. The van der Waals surface area contributed by atoms with Crippen LogP contribution >= 0.6 is 11.8 Å². The lowest BCUT2D eigenvalue weighted by Gasteiger charge is -2.14. The third-order valence-corrected chi connectivity index (χ3v) is 4.62. The second-order valence-corrected chi connectivity index (χ2v) is 6.91. The predicted octanol–water partition coefficient (Wildman–Crippen LogP) is 3.39. The molecule has 7 heteroatoms. The molecule has 0 spiro atoms. The van der Waals surface area contributed by atoms with E-state index in [9.17, 15) is 14.7 Å². The number of aromatic nitrogens is 1. The zero-order valence-corrected chi connectivity index (χ0v) is 15.4. The highest BCUT2D eigenvalue weighted by Crippen LogP contribution is 2.14. The van der Waals surface area contributed by atoms with Crippen molar-refractivity contribution in [1.82, 2.24) is 10.3 Å². The minimum Gasteiger partial charge on any atom is -0.480 e. The first-order chi connectivity index (χ1) is 12.5. The zero-order valence-electron chi connectivity index (χ0n) is 14.6. The van der Waals surface area contributed by atoms with Crippen LogP contribution in [-0.2, 0) is 21.9 Å². The average molecular weight is 374 g/mol. The molecule has 0 aliphatic rings. The number of hydrogen-bond acceptors (Lipinski definition) is 5. The van der Waals surface area contributed by atoms with Gasteiger partial charge in [-0.15, -0.1) is 0 Å². The van der Waals surface area contributed by atoms with Gasteiger partial charge in [0.05, 0.1) is 0 Å². The topological polar surface area (TPSA) is 88.5 Å². The number of benzene rings is 1. The fourth-order valence-corrected chi connectivity index (χ4v) is 3.19. The molecule has 0 bridgehead atoms. The van der Waals surface area contributed by atoms with Gasteiger partial charge in [0.15, 0.2) is 0 Å². The molecule has 2 rings (SSSR count). The van der Waals surface area contributed by atoms with Crippen molar-refractivity contribution in [2.75, 3.05) is 5.75 Å². The number of hydrogen-bond donors (Lipinski definition) is 2. The summed E-state index contributed by atoms with van der Waals surface area (Å²) in [6.45, 7) is 2.08. The van der Waals surface area contributed by atoms with E-state index in [1.807, 2.05) is 43.3 Å². The predicted molar refractivity (Wildman–Crippen MR) is 101 cm³/mol. The van der Waals surface area contributed by atoms with Gasteiger partial charge in [-0.1, -0.05) is 36.4 Å². The standard InChI is InChI=1S/C19H22N2O4S/c1-14-9-16(11-20-10-14)13-26-8-7-17(18(22)23)21-19(24)25-12-15-5-3-2-4-6-15/h2-6,9-11,17H,7-8,12-13H2,1H3,(H,21,24)(H,22,23). The normalized spacial score (nSPS) is 11.6. The van der Waals surface area contributed by atoms with E-state index in [-0.39, 0.29) is 6.61 Å². The maximum Gasteiger partial charge on any atom is 0.408 e. The largest absolute Gasteiger partial charge is 0.480 e. The van der Waals surface area contributed by atoms with E-state index in [4.69, 9.17) is 4.74 Å². The second kappa shape index (κ2) is 10.5. The van der Waals surface area contributed by atoms with E-state index in [0.717, 1.165) is 22.4 Å². The van der Waals surface area contributed by atoms with Crippen molar-refractivity contribution in [2.45, 2.75) is 31.7 Å². The highest BCUT2D eigenvalue weighted by atomic mass is 32.2. The Labute approximate surface area is 157 Å². The molecule has 0 aliphatic heterocycles. The summed E-state index contributed by atoms with van der Waals surface area (Å²) in [7, 11) is 0. The van der Waals surface area contributed by atoms with E-state index in [0.29, 0.717) is 12.2 Å². The minimum absolute atomic E-state index is 0.105. The van der Waals surface area contributed by atoms with Crippen molar-refractivity contribution in [1.29, 1.82) is 0 Å². The summed E-state index contributed by atoms with van der Waals surface area (Å²) in [5.41, 5.74) is 3.03. The van der Waals surface area contributed by atoms with Crippen LogP contribution in [0.3, 0.4) is 0 Å². The average Bonchev–Trinajstić information content (AvgIpc) is 2.63. The number of nitrogens with zero attached hydrogens (tertiary/aromatic N) is 1. The van der Waals surface area contributed by atoms with Gasteiger partial charge in [-0.05, 0) is 35.8 Å². The molecule has 0 radical (unpaired) electrons. The number of rotatable bonds is 9. The molecule has 2 aromatic rings. The van der Waals surface area contributed by atoms with Gasteiger partial charge < -0.3 is 15.2 Å². The summed E-state index contributed by atoms with van der Waals surface area (Å²) >= 11 is 1.60. The molecular formula is C19H22N2O4S. The fourth-order valence-electron chi connectivity index (χ4n) is 2.25. The molecule has 138 valence electrons. The number of carbonyl (C=O) groups excluding carboxylic acids is 1. The number of carboxylic acids is 1. The lowest BCUT2D eigenvalue weighted by Crippen LogP contribution is -2.41. The van der Waals surface area contributed by atoms with Crippen LogP contribution in [0.1, 0.15) is 23.1 Å². The molecule has 1 unspecified atom stereocenters. The first-order valence-electron chi connectivity index (χ1n) is 8.23. The number of nitrogens with one attached hydrogen (secondary N) is 1. The summed E-state index contributed by atoms with van der Waals surface area (Å²) in [5, 5.41) is 11.7. The van der Waals surface area contributed by atoms with Crippen molar-refractivity contribution in [2.24, 2.45) is 0 Å². The van der Waals surface area contributed by atoms with Gasteiger partial charge in [0.1, 0.15) is 12.6 Å². The summed E-state index contributed by atoms with van der Waals surface area (Å²) in [6.07, 6.45) is 3.18. The van der Waals surface area contributed by atoms with E-state index in [1.54, 1.807) is 24.2 Å². The highest BCUT2D eigenvalue weighted by molar-refractivity contribution is 7.98. The van der Waals surface area contributed by atoms with Crippen LogP contribution in [0.5, 0.6) is 0 Å². The van der Waals surface area contributed by atoms with Crippen molar-refractivity contribution in [3.63, 3.8) is 0 Å². The van der Waals surface area contributed by atoms with Gasteiger partial charge >= 0.3 is 12.1 Å². The van der Waals surface area contributed by atoms with Crippen molar-refractivity contribution >= 4 is 23.8 Å². The molecule has 1 heterocycles. The second-order valence-electron chi connectivity index (χ2n) is 5.81. The Bertz CT molecular complexity index is 724. The quantitative estimate of drug-likeness (QED) is 0.654. The number of aryl methyl sites for hydroxylation is 1. The third kappa shape index (κ3) is 7.14. The Morgan fingerprint density at radius 2 is 2.00 bits per heavy atom. The lowest BCUT2D eigenvalue weighted by atomic mass is 10.2. The third-order valence-electron chi connectivity index (χ3n) is 3.55. The van der Waals surface area contributed by atoms with Gasteiger partial charge in [0, 0.05) is 18.1 Å². The van der Waals surface area contributed by atoms with Gasteiger partial charge in [0.25, 0.3) is 0 Å². The molecule has 1 aromatic carbocycles. The highest BCUT2D eigenvalue weighted by Gasteiger charge is 2.20. The maximum absolute atomic E-state index is 11.8. The van der Waals surface area contributed by atoms with Crippen LogP contribution in [0.4, 0.5) is 4.79 Å². The Morgan fingerprint density at radius 1 is 1.23 bits per heavy atom. The van der Waals surface area contributed by atoms with Crippen molar-refractivity contribution < 1.29 is 19.4 Å². The SMILES string of the molecule is Cc1cncc(CSCCC(NC(=O)OCc2ccccc2)C(=O)O)c1. The molecule has 0 fully saturated rings. The summed E-state index contributed by atoms with van der Waals surface area (Å²) < 4.78 is 5.07. The van der Waals surface area contributed by atoms with Gasteiger partial charge in [-0.2, -0.15) is 11.8 Å². The Morgan fingerprint density at radius 3 is 2.69 bits per heavy atom. The van der Waals surface area contributed by atoms with Crippen molar-refractivity contribution in [3.05, 3.63) is 65.5 Å². The molecule has 26 heavy (non-hydrogen) atoms. The van der Waals surface area contributed by atoms with Crippen LogP contribution in [0, 0.1) is 6.92 Å².